The van der Waals surface area contributed by atoms with E-state index in [-0.39, 0.29) is 6.54 Å². The third kappa shape index (κ3) is 3.40. The molecule has 2 aromatic rings. The molecule has 1 fully saturated rings. The van der Waals surface area contributed by atoms with Crippen molar-refractivity contribution in [2.75, 3.05) is 16.2 Å². The number of phenols is 1. The van der Waals surface area contributed by atoms with Crippen LogP contribution < -0.4 is 14.3 Å². The smallest absolute Gasteiger partial charge is 0.326 e. The number of anilines is 2. The third-order valence-corrected chi connectivity index (χ3v) is 5.23. The first kappa shape index (κ1) is 17.9. The largest absolute Gasteiger partial charge is 0.506 e. The van der Waals surface area contributed by atoms with Gasteiger partial charge in [0, 0.05) is 12.7 Å². The van der Waals surface area contributed by atoms with Gasteiger partial charge < -0.3 is 10.4 Å². The number of halogens is 1. The molecule has 0 bridgehead atoms. The first-order valence-electron chi connectivity index (χ1n) is 7.69. The van der Waals surface area contributed by atoms with Crippen LogP contribution in [0.3, 0.4) is 0 Å². The molecule has 1 aliphatic rings. The van der Waals surface area contributed by atoms with E-state index in [1.54, 1.807) is 10.9 Å². The minimum Gasteiger partial charge on any atom is -0.506 e. The summed E-state index contributed by atoms with van der Waals surface area (Å²) in [6.07, 6.45) is 1.69. The van der Waals surface area contributed by atoms with Gasteiger partial charge in [-0.2, -0.15) is 8.42 Å². The molecule has 138 valence electrons. The number of aryl methyl sites for hydroxylation is 2. The fraction of sp³-hybridized carbons (Fsp3) is 0.250. The molecule has 10 heteroatoms. The molecule has 1 aromatic carbocycles. The highest BCUT2D eigenvalue weighted by molar-refractivity contribution is 7.92. The molecule has 0 radical (unpaired) electrons. The monoisotopic (exact) mass is 380 g/mol. The number of phenolic OH excluding ortho intramolecular Hbond substituents is 1. The number of benzene rings is 1. The number of rotatable bonds is 4. The first-order chi connectivity index (χ1) is 12.2. The number of amides is 1. The molecule has 1 aromatic heterocycles. The van der Waals surface area contributed by atoms with Crippen LogP contribution in [0, 0.1) is 19.7 Å². The summed E-state index contributed by atoms with van der Waals surface area (Å²) >= 11 is 0. The maximum absolute atomic E-state index is 14.4. The van der Waals surface area contributed by atoms with Crippen molar-refractivity contribution in [2.45, 2.75) is 20.4 Å². The van der Waals surface area contributed by atoms with E-state index in [0.29, 0.717) is 15.7 Å². The summed E-state index contributed by atoms with van der Waals surface area (Å²) in [6, 6.07) is 4.29. The van der Waals surface area contributed by atoms with Gasteiger partial charge in [-0.05, 0) is 42.7 Å². The van der Waals surface area contributed by atoms with E-state index in [9.17, 15) is 22.7 Å². The van der Waals surface area contributed by atoms with Crippen LogP contribution in [0.5, 0.6) is 5.75 Å². The number of hydrogen-bond acceptors (Lipinski definition) is 6. The first-order valence-corrected chi connectivity index (χ1v) is 9.13. The van der Waals surface area contributed by atoms with Gasteiger partial charge in [0.2, 0.25) is 0 Å². The molecule has 0 spiro atoms. The Bertz CT molecular complexity index is 971. The number of nitrogens with one attached hydrogen (secondary N) is 2. The van der Waals surface area contributed by atoms with Gasteiger partial charge in [0.1, 0.15) is 23.8 Å². The number of hydrogen-bond donors (Lipinski definition) is 3. The van der Waals surface area contributed by atoms with Crippen molar-refractivity contribution >= 4 is 27.6 Å². The molecule has 3 N–H and O–H groups in total. The normalized spacial score (nSPS) is 15.8. The molecule has 1 aliphatic heterocycles. The summed E-state index contributed by atoms with van der Waals surface area (Å²) in [5.41, 5.74) is 1.76. The topological polar surface area (TPSA) is 112 Å². The molecule has 3 rings (SSSR count). The Balaban J connectivity index is 1.85. The zero-order chi connectivity index (χ0) is 19.1. The number of aromatic nitrogens is 1. The summed E-state index contributed by atoms with van der Waals surface area (Å²) in [7, 11) is -4.20. The van der Waals surface area contributed by atoms with Crippen molar-refractivity contribution in [3.8, 4) is 5.75 Å². The third-order valence-electron chi connectivity index (χ3n) is 3.85. The summed E-state index contributed by atoms with van der Waals surface area (Å²) in [5, 5.41) is 13.1. The van der Waals surface area contributed by atoms with E-state index in [0.717, 1.165) is 17.2 Å². The minimum absolute atomic E-state index is 0.172. The SMILES string of the molecule is Cc1cnc(NCc2cc(O)c(N3CC(=O)NS3(=O)=O)c(F)c2)c(C)c1. The van der Waals surface area contributed by atoms with E-state index in [1.165, 1.54) is 6.07 Å². The maximum Gasteiger partial charge on any atom is 0.326 e. The summed E-state index contributed by atoms with van der Waals surface area (Å²) < 4.78 is 40.3. The fourth-order valence-corrected chi connectivity index (χ4v) is 3.89. The van der Waals surface area contributed by atoms with Crippen LogP contribution in [-0.4, -0.2) is 31.0 Å². The van der Waals surface area contributed by atoms with E-state index in [1.807, 2.05) is 19.9 Å². The van der Waals surface area contributed by atoms with Gasteiger partial charge in [0.15, 0.2) is 5.82 Å². The highest BCUT2D eigenvalue weighted by Gasteiger charge is 2.37. The van der Waals surface area contributed by atoms with E-state index < -0.39 is 39.9 Å². The lowest BCUT2D eigenvalue weighted by Gasteiger charge is -2.18. The Morgan fingerprint density at radius 3 is 2.65 bits per heavy atom. The average molecular weight is 380 g/mol. The lowest BCUT2D eigenvalue weighted by molar-refractivity contribution is -0.117. The van der Waals surface area contributed by atoms with Crippen LogP contribution in [0.15, 0.2) is 24.4 Å². The second-order valence-electron chi connectivity index (χ2n) is 6.01. The molecule has 2 heterocycles. The number of aromatic hydroxyl groups is 1. The quantitative estimate of drug-likeness (QED) is 0.738. The van der Waals surface area contributed by atoms with Crippen molar-refractivity contribution < 1.29 is 22.7 Å². The molecule has 8 nitrogen and oxygen atoms in total. The van der Waals surface area contributed by atoms with Crippen molar-refractivity contribution in [2.24, 2.45) is 0 Å². The lowest BCUT2D eigenvalue weighted by Crippen LogP contribution is -2.30. The minimum atomic E-state index is -4.20. The Kier molecular flexibility index (Phi) is 4.45. The standard InChI is InChI=1S/C16H17FN4O4S/c1-9-3-10(2)16(18-6-9)19-7-11-4-12(17)15(13(22)5-11)21-8-14(23)20-26(21,24)25/h3-6,22H,7-8H2,1-2H3,(H,18,19)(H,20,23). The van der Waals surface area contributed by atoms with Gasteiger partial charge in [-0.15, -0.1) is 0 Å². The second kappa shape index (κ2) is 6.45. The molecular formula is C16H17FN4O4S. The predicted octanol–water partition coefficient (Wildman–Crippen LogP) is 1.34. The van der Waals surface area contributed by atoms with Gasteiger partial charge in [0.05, 0.1) is 0 Å². The van der Waals surface area contributed by atoms with Crippen molar-refractivity contribution in [1.29, 1.82) is 0 Å². The highest BCUT2D eigenvalue weighted by atomic mass is 32.2. The van der Waals surface area contributed by atoms with Crippen LogP contribution in [0.1, 0.15) is 16.7 Å². The summed E-state index contributed by atoms with van der Waals surface area (Å²) in [5.74, 6) is -1.70. The lowest BCUT2D eigenvalue weighted by atomic mass is 10.1. The molecule has 0 saturated carbocycles. The van der Waals surface area contributed by atoms with Crippen LogP contribution in [0.2, 0.25) is 0 Å². The van der Waals surface area contributed by atoms with Crippen molar-refractivity contribution in [3.05, 3.63) is 46.9 Å². The Morgan fingerprint density at radius 2 is 2.08 bits per heavy atom. The fourth-order valence-electron chi connectivity index (χ4n) is 2.72. The number of nitrogens with zero attached hydrogens (tertiary/aromatic N) is 2. The average Bonchev–Trinajstić information content (AvgIpc) is 2.78. The number of pyridine rings is 1. The van der Waals surface area contributed by atoms with Gasteiger partial charge in [-0.3, -0.25) is 4.79 Å². The van der Waals surface area contributed by atoms with Crippen molar-refractivity contribution in [1.82, 2.24) is 9.71 Å². The molecule has 26 heavy (non-hydrogen) atoms. The van der Waals surface area contributed by atoms with E-state index >= 15 is 0 Å². The highest BCUT2D eigenvalue weighted by Crippen LogP contribution is 2.34. The molecule has 1 saturated heterocycles. The zero-order valence-electron chi connectivity index (χ0n) is 14.1. The Hall–Kier alpha value is -2.88. The van der Waals surface area contributed by atoms with Crippen LogP contribution in [0.4, 0.5) is 15.9 Å². The number of carbonyl (C=O) groups excluding carboxylic acids is 1. The molecule has 0 unspecified atom stereocenters. The predicted molar refractivity (Wildman–Crippen MR) is 93.5 cm³/mol. The van der Waals surface area contributed by atoms with Gasteiger partial charge in [-0.1, -0.05) is 6.07 Å². The number of carbonyl (C=O) groups is 1. The van der Waals surface area contributed by atoms with Gasteiger partial charge in [0.25, 0.3) is 5.91 Å². The molecule has 0 atom stereocenters. The van der Waals surface area contributed by atoms with Gasteiger partial charge >= 0.3 is 10.2 Å². The van der Waals surface area contributed by atoms with Crippen molar-refractivity contribution in [3.63, 3.8) is 0 Å². The van der Waals surface area contributed by atoms with E-state index in [2.05, 4.69) is 10.3 Å². The maximum atomic E-state index is 14.4. The molecule has 1 amide bonds. The van der Waals surface area contributed by atoms with E-state index in [4.69, 9.17) is 0 Å². The Labute approximate surface area is 149 Å². The molecule has 0 aliphatic carbocycles. The van der Waals surface area contributed by atoms with Crippen LogP contribution in [-0.2, 0) is 21.5 Å². The summed E-state index contributed by atoms with van der Waals surface area (Å²) in [6.45, 7) is 3.39. The van der Waals surface area contributed by atoms with Gasteiger partial charge in [-0.25, -0.2) is 18.4 Å². The second-order valence-corrected chi connectivity index (χ2v) is 7.61. The Morgan fingerprint density at radius 1 is 1.35 bits per heavy atom. The zero-order valence-corrected chi connectivity index (χ0v) is 14.9. The van der Waals surface area contributed by atoms with Crippen LogP contribution in [0.25, 0.3) is 0 Å². The van der Waals surface area contributed by atoms with Crippen LogP contribution >= 0.6 is 0 Å². The summed E-state index contributed by atoms with van der Waals surface area (Å²) in [4.78, 5) is 15.5. The molecular weight excluding hydrogens is 363 g/mol.